The summed E-state index contributed by atoms with van der Waals surface area (Å²) in [6.45, 7) is 0. The largest absolute Gasteiger partial charge is 0.457 e. The number of benzene rings is 2. The minimum absolute atomic E-state index is 0.0554. The second-order valence-electron chi connectivity index (χ2n) is 6.34. The Kier molecular flexibility index (Phi) is 5.56. The van der Waals surface area contributed by atoms with Gasteiger partial charge in [0.05, 0.1) is 10.6 Å². The van der Waals surface area contributed by atoms with Crippen molar-refractivity contribution in [3.05, 3.63) is 87.3 Å². The van der Waals surface area contributed by atoms with Crippen molar-refractivity contribution in [1.82, 2.24) is 5.32 Å². The Bertz CT molecular complexity index is 1220. The van der Waals surface area contributed by atoms with Gasteiger partial charge in [-0.15, -0.1) is 0 Å². The van der Waals surface area contributed by atoms with Gasteiger partial charge in [-0.05, 0) is 60.3 Å². The van der Waals surface area contributed by atoms with Gasteiger partial charge in [-0.25, -0.2) is 0 Å². The molecule has 0 atom stereocenters. The number of nitrogens with zero attached hydrogens (tertiary/aromatic N) is 2. The SMILES string of the molecule is O=C1NC(=S)N(c2ccc(Oc3ccccc3)cc2)C(=O)C1=Cc1csc([N+](=O)[O-])c1. The maximum Gasteiger partial charge on any atom is 0.324 e. The Hall–Kier alpha value is -3.89. The summed E-state index contributed by atoms with van der Waals surface area (Å²) < 4.78 is 5.74. The lowest BCUT2D eigenvalue weighted by molar-refractivity contribution is -0.380. The molecule has 1 aliphatic heterocycles. The molecular weight excluding hydrogens is 438 g/mol. The van der Waals surface area contributed by atoms with Gasteiger partial charge in [0.25, 0.3) is 11.8 Å². The molecule has 154 valence electrons. The van der Waals surface area contributed by atoms with Crippen molar-refractivity contribution in [2.24, 2.45) is 0 Å². The molecule has 1 fully saturated rings. The highest BCUT2D eigenvalue weighted by Gasteiger charge is 2.34. The summed E-state index contributed by atoms with van der Waals surface area (Å²) >= 11 is 6.09. The second-order valence-corrected chi connectivity index (χ2v) is 7.62. The number of para-hydroxylation sites is 1. The van der Waals surface area contributed by atoms with Crippen molar-refractivity contribution in [3.8, 4) is 11.5 Å². The molecule has 31 heavy (non-hydrogen) atoms. The maximum absolute atomic E-state index is 13.0. The fraction of sp³-hybridized carbons (Fsp3) is 0. The topological polar surface area (TPSA) is 102 Å². The molecule has 2 aromatic carbocycles. The van der Waals surface area contributed by atoms with E-state index in [1.807, 2.05) is 30.3 Å². The van der Waals surface area contributed by atoms with Crippen LogP contribution in [0.5, 0.6) is 11.5 Å². The Morgan fingerprint density at radius 3 is 2.39 bits per heavy atom. The van der Waals surface area contributed by atoms with Crippen LogP contribution in [0.4, 0.5) is 10.7 Å². The van der Waals surface area contributed by atoms with Crippen LogP contribution in [0.1, 0.15) is 5.56 Å². The molecule has 0 unspecified atom stereocenters. The number of thiocarbonyl (C=S) groups is 1. The van der Waals surface area contributed by atoms with E-state index in [2.05, 4.69) is 5.32 Å². The van der Waals surface area contributed by atoms with Crippen molar-refractivity contribution >= 4 is 57.2 Å². The summed E-state index contributed by atoms with van der Waals surface area (Å²) in [6, 6.07) is 17.2. The molecule has 1 N–H and O–H groups in total. The quantitative estimate of drug-likeness (QED) is 0.204. The van der Waals surface area contributed by atoms with E-state index in [4.69, 9.17) is 17.0 Å². The summed E-state index contributed by atoms with van der Waals surface area (Å²) in [4.78, 5) is 36.9. The summed E-state index contributed by atoms with van der Waals surface area (Å²) in [5.41, 5.74) is 0.651. The number of hydrogen-bond acceptors (Lipinski definition) is 7. The number of rotatable bonds is 5. The lowest BCUT2D eigenvalue weighted by Crippen LogP contribution is -2.54. The summed E-state index contributed by atoms with van der Waals surface area (Å²) in [5, 5.41) is 14.7. The van der Waals surface area contributed by atoms with Crippen molar-refractivity contribution < 1.29 is 19.2 Å². The van der Waals surface area contributed by atoms with E-state index in [9.17, 15) is 19.7 Å². The number of thiophene rings is 1. The lowest BCUT2D eigenvalue weighted by Gasteiger charge is -2.29. The average molecular weight is 451 g/mol. The number of nitrogens with one attached hydrogen (secondary N) is 1. The predicted octanol–water partition coefficient (Wildman–Crippen LogP) is 4.28. The zero-order chi connectivity index (χ0) is 22.0. The summed E-state index contributed by atoms with van der Waals surface area (Å²) in [6.07, 6.45) is 1.31. The van der Waals surface area contributed by atoms with Gasteiger partial charge < -0.3 is 4.74 Å². The number of hydrogen-bond donors (Lipinski definition) is 1. The fourth-order valence-electron chi connectivity index (χ4n) is 2.86. The van der Waals surface area contributed by atoms with Crippen molar-refractivity contribution in [2.75, 3.05) is 4.90 Å². The minimum Gasteiger partial charge on any atom is -0.457 e. The molecule has 8 nitrogen and oxygen atoms in total. The van der Waals surface area contributed by atoms with Crippen LogP contribution in [-0.2, 0) is 9.59 Å². The van der Waals surface area contributed by atoms with Crippen LogP contribution in [0, 0.1) is 10.1 Å². The Morgan fingerprint density at radius 2 is 1.74 bits per heavy atom. The highest BCUT2D eigenvalue weighted by atomic mass is 32.1. The smallest absolute Gasteiger partial charge is 0.324 e. The van der Waals surface area contributed by atoms with Gasteiger partial charge in [0.15, 0.2) is 5.11 Å². The zero-order valence-electron chi connectivity index (χ0n) is 15.7. The van der Waals surface area contributed by atoms with Crippen LogP contribution in [-0.4, -0.2) is 21.9 Å². The average Bonchev–Trinajstić information content (AvgIpc) is 3.22. The minimum atomic E-state index is -0.663. The van der Waals surface area contributed by atoms with E-state index in [0.717, 1.165) is 11.3 Å². The van der Waals surface area contributed by atoms with Gasteiger partial charge >= 0.3 is 5.00 Å². The van der Waals surface area contributed by atoms with E-state index in [-0.39, 0.29) is 15.7 Å². The number of nitro groups is 1. The Labute approximate surface area is 185 Å². The van der Waals surface area contributed by atoms with Crippen molar-refractivity contribution in [3.63, 3.8) is 0 Å². The van der Waals surface area contributed by atoms with Crippen LogP contribution in [0.25, 0.3) is 6.08 Å². The normalized spacial score (nSPS) is 15.2. The molecule has 4 rings (SSSR count). The molecule has 3 aromatic rings. The van der Waals surface area contributed by atoms with E-state index < -0.39 is 16.7 Å². The van der Waals surface area contributed by atoms with Crippen LogP contribution in [0.2, 0.25) is 0 Å². The predicted molar refractivity (Wildman–Crippen MR) is 120 cm³/mol. The van der Waals surface area contributed by atoms with Crippen LogP contribution in [0.3, 0.4) is 0 Å². The van der Waals surface area contributed by atoms with E-state index in [1.165, 1.54) is 22.4 Å². The van der Waals surface area contributed by atoms with E-state index in [0.29, 0.717) is 22.7 Å². The first-order valence-corrected chi connectivity index (χ1v) is 10.2. The van der Waals surface area contributed by atoms with Crippen molar-refractivity contribution in [2.45, 2.75) is 0 Å². The molecule has 1 aliphatic rings. The molecule has 0 radical (unpaired) electrons. The zero-order valence-corrected chi connectivity index (χ0v) is 17.3. The standard InChI is InChI=1S/C21H13N3O5S2/c25-19-17(10-13-11-18(24(27)28)31-12-13)20(26)23(21(30)22-19)14-6-8-16(9-7-14)29-15-4-2-1-3-5-15/h1-12H,(H,22,25,30). The fourth-order valence-corrected chi connectivity index (χ4v) is 3.82. The van der Waals surface area contributed by atoms with Crippen LogP contribution < -0.4 is 15.0 Å². The third kappa shape index (κ3) is 4.34. The molecule has 1 aromatic heterocycles. The molecule has 2 heterocycles. The van der Waals surface area contributed by atoms with Gasteiger partial charge in [0.2, 0.25) is 0 Å². The lowest BCUT2D eigenvalue weighted by atomic mass is 10.1. The first kappa shape index (κ1) is 20.4. The van der Waals surface area contributed by atoms with Gasteiger partial charge in [-0.2, -0.15) is 0 Å². The highest BCUT2D eigenvalue weighted by molar-refractivity contribution is 7.80. The van der Waals surface area contributed by atoms with Gasteiger partial charge in [-0.3, -0.25) is 29.9 Å². The Morgan fingerprint density at radius 1 is 1.06 bits per heavy atom. The highest BCUT2D eigenvalue weighted by Crippen LogP contribution is 2.28. The van der Waals surface area contributed by atoms with Gasteiger partial charge in [0, 0.05) is 11.4 Å². The summed E-state index contributed by atoms with van der Waals surface area (Å²) in [7, 11) is 0. The third-order valence-electron chi connectivity index (χ3n) is 4.27. The van der Waals surface area contributed by atoms with Gasteiger partial charge in [-0.1, -0.05) is 29.5 Å². The van der Waals surface area contributed by atoms with E-state index in [1.54, 1.807) is 24.3 Å². The van der Waals surface area contributed by atoms with E-state index >= 15 is 0 Å². The number of carbonyl (C=O) groups is 2. The molecule has 10 heteroatoms. The monoisotopic (exact) mass is 451 g/mol. The first-order valence-electron chi connectivity index (χ1n) is 8.90. The molecule has 2 amide bonds. The van der Waals surface area contributed by atoms with Crippen LogP contribution >= 0.6 is 23.6 Å². The number of amides is 2. The maximum atomic E-state index is 13.0. The summed E-state index contributed by atoms with van der Waals surface area (Å²) in [5.74, 6) is -0.0543. The molecule has 1 saturated heterocycles. The van der Waals surface area contributed by atoms with Gasteiger partial charge in [0.1, 0.15) is 17.1 Å². The first-order chi connectivity index (χ1) is 14.9. The molecule has 0 spiro atoms. The number of anilines is 1. The van der Waals surface area contributed by atoms with Crippen LogP contribution in [0.15, 0.2) is 71.6 Å². The number of ether oxygens (including phenoxy) is 1. The molecular formula is C21H13N3O5S2. The second kappa shape index (κ2) is 8.46. The number of carbonyl (C=O) groups excluding carboxylic acids is 2. The molecule has 0 aliphatic carbocycles. The Balaban J connectivity index is 1.59. The third-order valence-corrected chi connectivity index (χ3v) is 5.46. The molecule has 0 bridgehead atoms. The molecule has 0 saturated carbocycles. The van der Waals surface area contributed by atoms with Crippen molar-refractivity contribution in [1.29, 1.82) is 0 Å².